The Morgan fingerprint density at radius 2 is 2.00 bits per heavy atom. The summed E-state index contributed by atoms with van der Waals surface area (Å²) < 4.78 is 0. The van der Waals surface area contributed by atoms with E-state index in [1.807, 2.05) is 13.8 Å². The fourth-order valence-corrected chi connectivity index (χ4v) is 5.02. The van der Waals surface area contributed by atoms with Crippen molar-refractivity contribution in [3.05, 3.63) is 0 Å². The number of carbonyl (C=O) groups is 1. The lowest BCUT2D eigenvalue weighted by Crippen LogP contribution is -2.41. The molecule has 0 amide bonds. The van der Waals surface area contributed by atoms with Gasteiger partial charge in [-0.25, -0.2) is 0 Å². The van der Waals surface area contributed by atoms with Crippen LogP contribution >= 0.6 is 0 Å². The molecule has 21 heavy (non-hydrogen) atoms. The third-order valence-electron chi connectivity index (χ3n) is 6.65. The second-order valence-electron chi connectivity index (χ2n) is 8.46. The van der Waals surface area contributed by atoms with Gasteiger partial charge in [0.1, 0.15) is 0 Å². The van der Waals surface area contributed by atoms with Crippen LogP contribution in [0.2, 0.25) is 0 Å². The molecule has 0 aliphatic heterocycles. The normalized spacial score (nSPS) is 38.0. The summed E-state index contributed by atoms with van der Waals surface area (Å²) in [5.41, 5.74) is -0.357. The number of fused-ring (bicyclic) bond motifs is 1. The van der Waals surface area contributed by atoms with Gasteiger partial charge >= 0.3 is 5.97 Å². The molecule has 5 atom stereocenters. The summed E-state index contributed by atoms with van der Waals surface area (Å²) in [6.45, 7) is 8.31. The first-order valence-electron chi connectivity index (χ1n) is 8.60. The monoisotopic (exact) mass is 296 g/mol. The maximum Gasteiger partial charge on any atom is 0.309 e. The topological polar surface area (TPSA) is 57.5 Å². The van der Waals surface area contributed by atoms with Crippen molar-refractivity contribution >= 4 is 5.97 Å². The van der Waals surface area contributed by atoms with Gasteiger partial charge in [0.05, 0.1) is 11.5 Å². The predicted octanol–water partition coefficient (Wildman–Crippen LogP) is 4.09. The molecule has 2 N–H and O–H groups in total. The Morgan fingerprint density at radius 1 is 1.33 bits per heavy atom. The quantitative estimate of drug-likeness (QED) is 0.803. The van der Waals surface area contributed by atoms with Gasteiger partial charge in [0, 0.05) is 0 Å². The number of carboxylic acid groups (broad SMARTS) is 1. The number of carboxylic acids is 1. The Bertz CT molecular complexity index is 390. The molecule has 0 aromatic heterocycles. The largest absolute Gasteiger partial charge is 0.481 e. The lowest BCUT2D eigenvalue weighted by atomic mass is 9.61. The van der Waals surface area contributed by atoms with Crippen LogP contribution in [0.1, 0.15) is 72.6 Å². The molecule has 0 radical (unpaired) electrons. The van der Waals surface area contributed by atoms with E-state index in [1.54, 1.807) is 0 Å². The van der Waals surface area contributed by atoms with Crippen molar-refractivity contribution in [2.45, 2.75) is 78.7 Å². The van der Waals surface area contributed by atoms with E-state index in [0.29, 0.717) is 17.8 Å². The van der Waals surface area contributed by atoms with E-state index in [4.69, 9.17) is 0 Å². The maximum atomic E-state index is 11.3. The maximum absolute atomic E-state index is 11.3. The fraction of sp³-hybridized carbons (Fsp3) is 0.944. The summed E-state index contributed by atoms with van der Waals surface area (Å²) in [4.78, 5) is 11.3. The molecule has 0 bridgehead atoms. The van der Waals surface area contributed by atoms with Gasteiger partial charge in [-0.3, -0.25) is 4.79 Å². The summed E-state index contributed by atoms with van der Waals surface area (Å²) in [6.07, 6.45) is 7.28. The van der Waals surface area contributed by atoms with Crippen LogP contribution in [0.15, 0.2) is 0 Å². The van der Waals surface area contributed by atoms with Gasteiger partial charge in [-0.05, 0) is 75.5 Å². The van der Waals surface area contributed by atoms with Crippen LogP contribution in [0.5, 0.6) is 0 Å². The molecule has 2 rings (SSSR count). The smallest absolute Gasteiger partial charge is 0.309 e. The zero-order valence-electron chi connectivity index (χ0n) is 14.1. The third-order valence-corrected chi connectivity index (χ3v) is 6.65. The SMILES string of the molecule is C[C@@H](CCC(C)(C)C(=O)O)[C@H]1CC[C@H]2[C@@H](O)CCC[C@]12C. The molecule has 2 fully saturated rings. The molecular weight excluding hydrogens is 264 g/mol. The number of hydrogen-bond acceptors (Lipinski definition) is 2. The number of aliphatic hydroxyl groups is 1. The van der Waals surface area contributed by atoms with Gasteiger partial charge in [-0.1, -0.05) is 20.3 Å². The van der Waals surface area contributed by atoms with Crippen LogP contribution in [0.4, 0.5) is 0 Å². The highest BCUT2D eigenvalue weighted by Gasteiger charge is 2.52. The molecule has 0 aromatic rings. The lowest BCUT2D eigenvalue weighted by Gasteiger charge is -2.45. The van der Waals surface area contributed by atoms with Crippen molar-refractivity contribution in [2.75, 3.05) is 0 Å². The lowest BCUT2D eigenvalue weighted by molar-refractivity contribution is -0.147. The zero-order chi connectivity index (χ0) is 15.8. The van der Waals surface area contributed by atoms with Crippen molar-refractivity contribution in [3.8, 4) is 0 Å². The Hall–Kier alpha value is -0.570. The Labute approximate surface area is 129 Å². The minimum atomic E-state index is -0.696. The summed E-state index contributed by atoms with van der Waals surface area (Å²) >= 11 is 0. The van der Waals surface area contributed by atoms with Gasteiger partial charge in [0.25, 0.3) is 0 Å². The Balaban J connectivity index is 2.00. The molecular formula is C18H32O3. The molecule has 3 nitrogen and oxygen atoms in total. The van der Waals surface area contributed by atoms with Gasteiger partial charge < -0.3 is 10.2 Å². The van der Waals surface area contributed by atoms with Crippen LogP contribution in [0, 0.1) is 28.6 Å². The second kappa shape index (κ2) is 5.91. The minimum Gasteiger partial charge on any atom is -0.481 e. The molecule has 122 valence electrons. The highest BCUT2D eigenvalue weighted by atomic mass is 16.4. The average Bonchev–Trinajstić information content (AvgIpc) is 2.74. The molecule has 2 aliphatic rings. The highest BCUT2D eigenvalue weighted by Crippen LogP contribution is 2.58. The first-order valence-corrected chi connectivity index (χ1v) is 8.60. The van der Waals surface area contributed by atoms with Gasteiger partial charge in [-0.2, -0.15) is 0 Å². The standard InChI is InChI=1S/C18H32O3/c1-12(9-11-17(2,3)16(20)21)13-7-8-14-15(19)6-5-10-18(13,14)4/h12-15,19H,5-11H2,1-4H3,(H,20,21)/t12-,13+,14-,15-,18+/m0/s1. The van der Waals surface area contributed by atoms with Crippen molar-refractivity contribution in [1.82, 2.24) is 0 Å². The van der Waals surface area contributed by atoms with E-state index in [9.17, 15) is 15.0 Å². The van der Waals surface area contributed by atoms with Crippen molar-refractivity contribution in [2.24, 2.45) is 28.6 Å². The van der Waals surface area contributed by atoms with E-state index in [2.05, 4.69) is 13.8 Å². The average molecular weight is 296 g/mol. The second-order valence-corrected chi connectivity index (χ2v) is 8.46. The molecule has 0 spiro atoms. The zero-order valence-corrected chi connectivity index (χ0v) is 14.1. The van der Waals surface area contributed by atoms with E-state index in [0.717, 1.165) is 32.1 Å². The van der Waals surface area contributed by atoms with Crippen LogP contribution < -0.4 is 0 Å². The summed E-state index contributed by atoms with van der Waals surface area (Å²) in [6, 6.07) is 0. The highest BCUT2D eigenvalue weighted by molar-refractivity contribution is 5.73. The predicted molar refractivity (Wildman–Crippen MR) is 84.0 cm³/mol. The number of hydrogen-bond donors (Lipinski definition) is 2. The van der Waals surface area contributed by atoms with Gasteiger partial charge in [0.15, 0.2) is 0 Å². The number of rotatable bonds is 5. The fourth-order valence-electron chi connectivity index (χ4n) is 5.02. The number of aliphatic hydroxyl groups excluding tert-OH is 1. The van der Waals surface area contributed by atoms with E-state index in [1.165, 1.54) is 12.8 Å². The third kappa shape index (κ3) is 3.13. The van der Waals surface area contributed by atoms with Crippen molar-refractivity contribution < 1.29 is 15.0 Å². The van der Waals surface area contributed by atoms with Gasteiger partial charge in [-0.15, -0.1) is 0 Å². The van der Waals surface area contributed by atoms with E-state index < -0.39 is 11.4 Å². The summed E-state index contributed by atoms with van der Waals surface area (Å²) in [5.74, 6) is 0.954. The molecule has 3 heteroatoms. The summed E-state index contributed by atoms with van der Waals surface area (Å²) in [7, 11) is 0. The van der Waals surface area contributed by atoms with E-state index >= 15 is 0 Å². The molecule has 0 aromatic carbocycles. The number of aliphatic carboxylic acids is 1. The molecule has 0 unspecified atom stereocenters. The molecule has 0 heterocycles. The van der Waals surface area contributed by atoms with Crippen LogP contribution in [-0.4, -0.2) is 22.3 Å². The van der Waals surface area contributed by atoms with E-state index in [-0.39, 0.29) is 11.5 Å². The molecule has 2 saturated carbocycles. The van der Waals surface area contributed by atoms with Gasteiger partial charge in [0.2, 0.25) is 0 Å². The minimum absolute atomic E-state index is 0.114. The Kier molecular flexibility index (Phi) is 4.72. The van der Waals surface area contributed by atoms with Crippen LogP contribution in [-0.2, 0) is 4.79 Å². The van der Waals surface area contributed by atoms with Crippen LogP contribution in [0.25, 0.3) is 0 Å². The molecule has 0 saturated heterocycles. The van der Waals surface area contributed by atoms with Crippen molar-refractivity contribution in [1.29, 1.82) is 0 Å². The first-order chi connectivity index (χ1) is 9.68. The molecule has 2 aliphatic carbocycles. The Morgan fingerprint density at radius 3 is 2.62 bits per heavy atom. The van der Waals surface area contributed by atoms with Crippen molar-refractivity contribution in [3.63, 3.8) is 0 Å². The first kappa shape index (κ1) is 16.8. The van der Waals surface area contributed by atoms with Crippen LogP contribution in [0.3, 0.4) is 0 Å². The summed E-state index contributed by atoms with van der Waals surface area (Å²) in [5, 5.41) is 19.6.